The van der Waals surface area contributed by atoms with Crippen LogP contribution in [-0.2, 0) is 41.3 Å². The first kappa shape index (κ1) is 53.7. The summed E-state index contributed by atoms with van der Waals surface area (Å²) < 4.78 is 45.0. The molecular weight excluding hydrogens is 859 g/mol. The Labute approximate surface area is 383 Å². The van der Waals surface area contributed by atoms with Crippen LogP contribution in [0.25, 0.3) is 0 Å². The van der Waals surface area contributed by atoms with E-state index in [1.54, 1.807) is 0 Å². The number of ether oxygens (including phenoxy) is 8. The first-order valence-electron chi connectivity index (χ1n) is 21.7. The Kier molecular flexibility index (Phi) is 27.4. The Morgan fingerprint density at radius 3 is 1.52 bits per heavy atom. The Morgan fingerprint density at radius 2 is 1.08 bits per heavy atom. The number of aryl methyl sites for hydroxylation is 2. The van der Waals surface area contributed by atoms with Crippen molar-refractivity contribution in [2.24, 2.45) is 0 Å². The number of aromatic nitrogens is 2. The summed E-state index contributed by atoms with van der Waals surface area (Å²) in [6.07, 6.45) is 5.64. The predicted molar refractivity (Wildman–Crippen MR) is 236 cm³/mol. The molecule has 19 heteroatoms. The van der Waals surface area contributed by atoms with Gasteiger partial charge < -0.3 is 81.8 Å². The van der Waals surface area contributed by atoms with Crippen LogP contribution in [0.3, 0.4) is 0 Å². The van der Waals surface area contributed by atoms with Gasteiger partial charge in [-0.2, -0.15) is 0 Å². The maximum atomic E-state index is 13.3. The molecule has 63 heavy (non-hydrogen) atoms. The number of hydrogen-bond acceptors (Lipinski definition) is 15. The molecule has 0 saturated carbocycles. The number of quaternary nitrogens is 1. The summed E-state index contributed by atoms with van der Waals surface area (Å²) in [7, 11) is 0. The summed E-state index contributed by atoms with van der Waals surface area (Å²) in [6, 6.07) is 16.4. The molecule has 0 unspecified atom stereocenters. The van der Waals surface area contributed by atoms with E-state index in [-0.39, 0.29) is 54.1 Å². The molecule has 7 N–H and O–H groups in total. The molecule has 1 aromatic heterocycles. The maximum Gasteiger partial charge on any atom is 0.274 e. The van der Waals surface area contributed by atoms with Crippen molar-refractivity contribution < 1.29 is 69.8 Å². The Hall–Kier alpha value is -3.59. The van der Waals surface area contributed by atoms with Crippen LogP contribution in [-0.4, -0.2) is 169 Å². The Morgan fingerprint density at radius 1 is 0.651 bits per heavy atom. The van der Waals surface area contributed by atoms with Gasteiger partial charge in [-0.25, -0.2) is 9.97 Å². The van der Waals surface area contributed by atoms with Crippen LogP contribution in [0.4, 0.5) is 11.6 Å². The van der Waals surface area contributed by atoms with Crippen molar-refractivity contribution in [1.29, 1.82) is 0 Å². The topological polar surface area (TPSA) is 221 Å². The summed E-state index contributed by atoms with van der Waals surface area (Å²) in [5.74, 6) is 1.13. The van der Waals surface area contributed by atoms with Crippen molar-refractivity contribution >= 4 is 29.1 Å². The standard InChI is InChI=1S/C44H67ClN6O11.ClH/c45-41-43(47)50-42(46)40(49-41)44(54)48-37-6-3-17-51(34-37,15-1-4-35-7-11-38(12-8-35)61-32-30-59-28-26-57-24-22-55-20-18-52)16-2-5-36-9-13-39(14-10-36)62-33-31-60-29-27-58-25-23-56-21-19-53;/h7-14,37,52-53H,1-6,15-34H2,(H4-,46,47,48,50,54);1H/t37-;/m0./s1. The molecule has 0 bridgehead atoms. The summed E-state index contributed by atoms with van der Waals surface area (Å²) in [5.41, 5.74) is 14.2. The van der Waals surface area contributed by atoms with E-state index in [0.717, 1.165) is 80.7 Å². The first-order valence-corrected chi connectivity index (χ1v) is 22.0. The average Bonchev–Trinajstić information content (AvgIpc) is 3.27. The lowest BCUT2D eigenvalue weighted by Crippen LogP contribution is -3.00. The molecule has 0 radical (unpaired) electrons. The second-order valence-corrected chi connectivity index (χ2v) is 15.3. The lowest BCUT2D eigenvalue weighted by atomic mass is 9.99. The molecule has 1 fully saturated rings. The molecule has 1 aliphatic heterocycles. The number of benzene rings is 2. The van der Waals surface area contributed by atoms with E-state index in [9.17, 15) is 4.79 Å². The highest BCUT2D eigenvalue weighted by atomic mass is 35.5. The molecule has 1 saturated heterocycles. The minimum Gasteiger partial charge on any atom is -1.00 e. The summed E-state index contributed by atoms with van der Waals surface area (Å²) in [6.45, 7) is 9.93. The fourth-order valence-electron chi connectivity index (χ4n) is 7.21. The predicted octanol–water partition coefficient (Wildman–Crippen LogP) is 0.115. The minimum absolute atomic E-state index is 0. The number of aliphatic hydroxyl groups excluding tert-OH is 2. The smallest absolute Gasteiger partial charge is 0.274 e. The molecule has 0 aliphatic carbocycles. The fraction of sp³-hybridized carbons (Fsp3) is 0.614. The van der Waals surface area contributed by atoms with Crippen LogP contribution in [0.15, 0.2) is 48.5 Å². The number of halogens is 2. The van der Waals surface area contributed by atoms with Gasteiger partial charge in [0.1, 0.15) is 24.7 Å². The van der Waals surface area contributed by atoms with E-state index >= 15 is 0 Å². The molecule has 354 valence electrons. The number of nitrogen functional groups attached to an aromatic ring is 2. The fourth-order valence-corrected chi connectivity index (χ4v) is 7.34. The van der Waals surface area contributed by atoms with Crippen molar-refractivity contribution in [3.63, 3.8) is 0 Å². The van der Waals surface area contributed by atoms with Crippen LogP contribution in [0.2, 0.25) is 5.15 Å². The lowest BCUT2D eigenvalue weighted by Gasteiger charge is -2.45. The second-order valence-electron chi connectivity index (χ2n) is 15.0. The van der Waals surface area contributed by atoms with E-state index in [1.807, 2.05) is 24.3 Å². The van der Waals surface area contributed by atoms with E-state index < -0.39 is 5.91 Å². The van der Waals surface area contributed by atoms with Crippen LogP contribution >= 0.6 is 11.6 Å². The van der Waals surface area contributed by atoms with Gasteiger partial charge in [-0.05, 0) is 61.1 Å². The zero-order valence-electron chi connectivity index (χ0n) is 36.4. The molecule has 0 spiro atoms. The number of carbonyl (C=O) groups is 1. The first-order chi connectivity index (χ1) is 30.3. The van der Waals surface area contributed by atoms with Gasteiger partial charge in [-0.1, -0.05) is 35.9 Å². The number of piperidine rings is 1. The number of carbonyl (C=O) groups excluding carboxylic acids is 1. The van der Waals surface area contributed by atoms with E-state index in [1.165, 1.54) is 11.1 Å². The van der Waals surface area contributed by atoms with Crippen LogP contribution in [0, 0.1) is 0 Å². The van der Waals surface area contributed by atoms with Gasteiger partial charge in [-0.15, -0.1) is 0 Å². The molecule has 3 aromatic rings. The summed E-state index contributed by atoms with van der Waals surface area (Å²) >= 11 is 6.09. The molecule has 2 aromatic carbocycles. The molecule has 2 heterocycles. The third-order valence-electron chi connectivity index (χ3n) is 10.2. The van der Waals surface area contributed by atoms with E-state index in [2.05, 4.69) is 39.6 Å². The average molecular weight is 928 g/mol. The number of hydrogen-bond donors (Lipinski definition) is 5. The zero-order valence-corrected chi connectivity index (χ0v) is 37.9. The molecule has 1 aliphatic rings. The summed E-state index contributed by atoms with van der Waals surface area (Å²) in [4.78, 5) is 21.5. The zero-order chi connectivity index (χ0) is 44.1. The molecule has 1 atom stereocenters. The van der Waals surface area contributed by atoms with Crippen molar-refractivity contribution in [2.75, 3.05) is 143 Å². The van der Waals surface area contributed by atoms with Gasteiger partial charge in [0.05, 0.1) is 125 Å². The van der Waals surface area contributed by atoms with Crippen LogP contribution in [0.5, 0.6) is 11.5 Å². The quantitative estimate of drug-likeness (QED) is 0.0397. The SMILES string of the molecule is Nc1nc(N)c(C(=O)N[C@H]2CCC[N+](CCCc3ccc(OCCOCCOCCOCCO)cc3)(CCCc3ccc(OCCOCCOCCOCCO)cc3)C2)nc1Cl.[Cl-]. The number of amides is 1. The van der Waals surface area contributed by atoms with Gasteiger partial charge in [-0.3, -0.25) is 4.79 Å². The number of rotatable bonds is 34. The van der Waals surface area contributed by atoms with Gasteiger partial charge in [0.15, 0.2) is 22.5 Å². The van der Waals surface area contributed by atoms with Crippen molar-refractivity contribution in [3.8, 4) is 11.5 Å². The van der Waals surface area contributed by atoms with E-state index in [0.29, 0.717) is 92.5 Å². The van der Waals surface area contributed by atoms with Gasteiger partial charge in [0.2, 0.25) is 0 Å². The van der Waals surface area contributed by atoms with Crippen molar-refractivity contribution in [1.82, 2.24) is 15.3 Å². The number of anilines is 2. The molecule has 17 nitrogen and oxygen atoms in total. The van der Waals surface area contributed by atoms with Crippen molar-refractivity contribution in [2.45, 2.75) is 44.6 Å². The lowest BCUT2D eigenvalue weighted by molar-refractivity contribution is -0.933. The highest BCUT2D eigenvalue weighted by Gasteiger charge is 2.35. The van der Waals surface area contributed by atoms with Crippen LogP contribution < -0.4 is 38.7 Å². The highest BCUT2D eigenvalue weighted by Crippen LogP contribution is 2.25. The highest BCUT2D eigenvalue weighted by molar-refractivity contribution is 6.31. The minimum atomic E-state index is -0.402. The number of nitrogens with two attached hydrogens (primary N) is 2. The number of aliphatic hydroxyl groups is 2. The summed E-state index contributed by atoms with van der Waals surface area (Å²) in [5, 5.41) is 20.6. The monoisotopic (exact) mass is 926 g/mol. The molecular formula is C44H68Cl2N6O11. The normalized spacial score (nSPS) is 14.6. The second kappa shape index (κ2) is 32.1. The number of nitrogens with zero attached hydrogens (tertiary/aromatic N) is 3. The van der Waals surface area contributed by atoms with Gasteiger partial charge >= 0.3 is 0 Å². The third-order valence-corrected chi connectivity index (χ3v) is 10.5. The Balaban J connectivity index is 0.0000106. The third kappa shape index (κ3) is 21.8. The number of nitrogens with one attached hydrogen (secondary N) is 1. The van der Waals surface area contributed by atoms with Crippen LogP contribution in [0.1, 0.15) is 47.3 Å². The van der Waals surface area contributed by atoms with Crippen molar-refractivity contribution in [3.05, 3.63) is 70.5 Å². The van der Waals surface area contributed by atoms with Gasteiger partial charge in [0.25, 0.3) is 5.91 Å². The largest absolute Gasteiger partial charge is 1.00 e. The number of likely N-dealkylation sites (tertiary alicyclic amines) is 1. The van der Waals surface area contributed by atoms with Gasteiger partial charge in [0, 0.05) is 12.8 Å². The van der Waals surface area contributed by atoms with E-state index in [4.69, 9.17) is 71.2 Å². The molecule has 1 amide bonds. The Bertz CT molecular complexity index is 1590. The maximum absolute atomic E-state index is 13.3. The molecule has 4 rings (SSSR count).